The molecular formula is C22H25N4O3+. The van der Waals surface area contributed by atoms with Crippen LogP contribution < -0.4 is 4.90 Å². The molecule has 3 aromatic rings. The van der Waals surface area contributed by atoms with Gasteiger partial charge >= 0.3 is 6.09 Å². The molecule has 1 aliphatic rings. The van der Waals surface area contributed by atoms with E-state index in [-0.39, 0.29) is 17.9 Å². The molecule has 7 nitrogen and oxygen atoms in total. The van der Waals surface area contributed by atoms with E-state index in [4.69, 9.17) is 4.74 Å². The predicted octanol–water partition coefficient (Wildman–Crippen LogP) is 1.78. The van der Waals surface area contributed by atoms with Gasteiger partial charge < -0.3 is 14.7 Å². The number of hydrogen-bond acceptors (Lipinski definition) is 5. The van der Waals surface area contributed by atoms with Gasteiger partial charge in [0.05, 0.1) is 38.3 Å². The van der Waals surface area contributed by atoms with Gasteiger partial charge in [0.15, 0.2) is 11.8 Å². The highest BCUT2D eigenvalue weighted by atomic mass is 16.6. The van der Waals surface area contributed by atoms with E-state index in [1.165, 1.54) is 4.90 Å². The molecule has 29 heavy (non-hydrogen) atoms. The van der Waals surface area contributed by atoms with Crippen LogP contribution in [0.15, 0.2) is 54.9 Å². The van der Waals surface area contributed by atoms with Crippen molar-refractivity contribution in [1.82, 2.24) is 14.9 Å². The zero-order valence-corrected chi connectivity index (χ0v) is 16.4. The molecule has 1 atom stereocenters. The SMILES string of the molecule is CCOC(=O)N1CC[NH+]([C@H](c2ccccn2)c2ccc3cccnc3c2O)CC1. The number of phenolic OH excluding ortho intramolecular Hbond substituents is 1. The largest absolute Gasteiger partial charge is 0.505 e. The van der Waals surface area contributed by atoms with Gasteiger partial charge in [0.25, 0.3) is 0 Å². The minimum absolute atomic E-state index is 0.146. The first-order chi connectivity index (χ1) is 14.2. The second-order valence-electron chi connectivity index (χ2n) is 7.11. The number of amides is 1. The average Bonchev–Trinajstić information content (AvgIpc) is 2.77. The van der Waals surface area contributed by atoms with Crippen molar-refractivity contribution in [1.29, 1.82) is 0 Å². The fraction of sp³-hybridized carbons (Fsp3) is 0.318. The number of hydrogen-bond donors (Lipinski definition) is 2. The first-order valence-electron chi connectivity index (χ1n) is 9.93. The second-order valence-corrected chi connectivity index (χ2v) is 7.11. The summed E-state index contributed by atoms with van der Waals surface area (Å²) < 4.78 is 5.13. The summed E-state index contributed by atoms with van der Waals surface area (Å²) in [5.41, 5.74) is 2.28. The second kappa shape index (κ2) is 8.45. The Hall–Kier alpha value is -3.19. The van der Waals surface area contributed by atoms with Gasteiger partial charge in [0, 0.05) is 17.8 Å². The normalized spacial score (nSPS) is 16.0. The summed E-state index contributed by atoms with van der Waals surface area (Å²) >= 11 is 0. The van der Waals surface area contributed by atoms with Crippen LogP contribution in [0.1, 0.15) is 24.2 Å². The van der Waals surface area contributed by atoms with E-state index in [0.717, 1.165) is 29.7 Å². The predicted molar refractivity (Wildman–Crippen MR) is 109 cm³/mol. The van der Waals surface area contributed by atoms with Gasteiger partial charge in [-0.2, -0.15) is 0 Å². The molecule has 0 spiro atoms. The zero-order chi connectivity index (χ0) is 20.2. The molecule has 2 N–H and O–H groups in total. The monoisotopic (exact) mass is 393 g/mol. The molecule has 3 heterocycles. The summed E-state index contributed by atoms with van der Waals surface area (Å²) in [6.45, 7) is 4.86. The number of fused-ring (bicyclic) bond motifs is 1. The molecule has 1 amide bonds. The number of carbonyl (C=O) groups excluding carboxylic acids is 1. The number of benzene rings is 1. The Morgan fingerprint density at radius 3 is 2.66 bits per heavy atom. The van der Waals surface area contributed by atoms with Crippen molar-refractivity contribution in [2.75, 3.05) is 32.8 Å². The van der Waals surface area contributed by atoms with E-state index in [0.29, 0.717) is 25.2 Å². The van der Waals surface area contributed by atoms with E-state index in [1.54, 1.807) is 17.3 Å². The van der Waals surface area contributed by atoms with Crippen molar-refractivity contribution in [3.63, 3.8) is 0 Å². The van der Waals surface area contributed by atoms with Crippen molar-refractivity contribution in [2.45, 2.75) is 13.0 Å². The first kappa shape index (κ1) is 19.1. The number of ether oxygens (including phenoxy) is 1. The zero-order valence-electron chi connectivity index (χ0n) is 16.4. The van der Waals surface area contributed by atoms with Crippen LogP contribution in [-0.2, 0) is 4.74 Å². The highest BCUT2D eigenvalue weighted by Crippen LogP contribution is 2.32. The van der Waals surface area contributed by atoms with Crippen LogP contribution in [0, 0.1) is 0 Å². The van der Waals surface area contributed by atoms with Crippen LogP contribution in [0.2, 0.25) is 0 Å². The Kier molecular flexibility index (Phi) is 5.57. The van der Waals surface area contributed by atoms with Gasteiger partial charge in [0.2, 0.25) is 0 Å². The highest BCUT2D eigenvalue weighted by molar-refractivity contribution is 5.85. The number of aromatic hydroxyl groups is 1. The van der Waals surface area contributed by atoms with Crippen molar-refractivity contribution in [3.8, 4) is 5.75 Å². The average molecular weight is 393 g/mol. The number of rotatable bonds is 4. The lowest BCUT2D eigenvalue weighted by Crippen LogP contribution is -3.15. The molecule has 150 valence electrons. The Labute approximate surface area is 169 Å². The summed E-state index contributed by atoms with van der Waals surface area (Å²) in [4.78, 5) is 24.0. The topological polar surface area (TPSA) is 80.0 Å². The van der Waals surface area contributed by atoms with Crippen LogP contribution in [0.3, 0.4) is 0 Å². The maximum Gasteiger partial charge on any atom is 0.410 e. The maximum atomic E-state index is 12.0. The third-order valence-corrected chi connectivity index (χ3v) is 5.41. The van der Waals surface area contributed by atoms with Crippen molar-refractivity contribution in [3.05, 3.63) is 66.1 Å². The Bertz CT molecular complexity index is 988. The van der Waals surface area contributed by atoms with Crippen molar-refractivity contribution < 1.29 is 19.5 Å². The molecule has 1 fully saturated rings. The van der Waals surface area contributed by atoms with E-state index >= 15 is 0 Å². The number of pyridine rings is 2. The molecule has 1 aliphatic heterocycles. The Morgan fingerprint density at radius 1 is 1.14 bits per heavy atom. The lowest BCUT2D eigenvalue weighted by atomic mass is 9.97. The van der Waals surface area contributed by atoms with E-state index in [9.17, 15) is 9.90 Å². The number of phenols is 1. The van der Waals surface area contributed by atoms with Gasteiger partial charge in [-0.05, 0) is 31.2 Å². The van der Waals surface area contributed by atoms with Gasteiger partial charge in [0.1, 0.15) is 11.2 Å². The number of nitrogens with one attached hydrogen (secondary N) is 1. The van der Waals surface area contributed by atoms with Crippen LogP contribution in [0.5, 0.6) is 5.75 Å². The fourth-order valence-corrected chi connectivity index (χ4v) is 3.99. The molecule has 4 rings (SSSR count). The molecule has 2 aromatic heterocycles. The lowest BCUT2D eigenvalue weighted by Gasteiger charge is -2.36. The number of quaternary nitrogens is 1. The molecule has 0 aliphatic carbocycles. The molecule has 0 saturated carbocycles. The number of aromatic nitrogens is 2. The molecule has 0 unspecified atom stereocenters. The number of nitrogens with zero attached hydrogens (tertiary/aromatic N) is 3. The molecular weight excluding hydrogens is 368 g/mol. The van der Waals surface area contributed by atoms with Gasteiger partial charge in [-0.1, -0.05) is 18.2 Å². The summed E-state index contributed by atoms with van der Waals surface area (Å²) in [6.07, 6.45) is 3.19. The van der Waals surface area contributed by atoms with Gasteiger partial charge in [-0.25, -0.2) is 4.79 Å². The van der Waals surface area contributed by atoms with Crippen LogP contribution >= 0.6 is 0 Å². The molecule has 7 heteroatoms. The summed E-state index contributed by atoms with van der Waals surface area (Å²) in [6, 6.07) is 13.4. The smallest absolute Gasteiger partial charge is 0.410 e. The molecule has 0 radical (unpaired) electrons. The first-order valence-corrected chi connectivity index (χ1v) is 9.93. The van der Waals surface area contributed by atoms with E-state index < -0.39 is 0 Å². The fourth-order valence-electron chi connectivity index (χ4n) is 3.99. The maximum absolute atomic E-state index is 12.0. The van der Waals surface area contributed by atoms with Crippen LogP contribution in [0.4, 0.5) is 4.79 Å². The molecule has 0 bridgehead atoms. The summed E-state index contributed by atoms with van der Waals surface area (Å²) in [7, 11) is 0. The Morgan fingerprint density at radius 2 is 1.93 bits per heavy atom. The summed E-state index contributed by atoms with van der Waals surface area (Å²) in [5.74, 6) is 0.194. The quantitative estimate of drug-likeness (QED) is 0.706. The molecule has 1 saturated heterocycles. The minimum atomic E-state index is -0.265. The summed E-state index contributed by atoms with van der Waals surface area (Å²) in [5, 5.41) is 11.9. The van der Waals surface area contributed by atoms with E-state index in [2.05, 4.69) is 9.97 Å². The van der Waals surface area contributed by atoms with Gasteiger partial charge in [-0.15, -0.1) is 0 Å². The Balaban J connectivity index is 1.68. The highest BCUT2D eigenvalue weighted by Gasteiger charge is 2.34. The third kappa shape index (κ3) is 3.86. The lowest BCUT2D eigenvalue weighted by molar-refractivity contribution is -0.929. The van der Waals surface area contributed by atoms with Gasteiger partial charge in [-0.3, -0.25) is 14.9 Å². The third-order valence-electron chi connectivity index (χ3n) is 5.41. The minimum Gasteiger partial charge on any atom is -0.505 e. The van der Waals surface area contributed by atoms with Crippen molar-refractivity contribution in [2.24, 2.45) is 0 Å². The van der Waals surface area contributed by atoms with E-state index in [1.807, 2.05) is 49.4 Å². The van der Waals surface area contributed by atoms with Crippen LogP contribution in [0.25, 0.3) is 10.9 Å². The van der Waals surface area contributed by atoms with Crippen LogP contribution in [-0.4, -0.2) is 58.9 Å². The number of piperazine rings is 1. The molecule has 1 aromatic carbocycles. The van der Waals surface area contributed by atoms with Crippen molar-refractivity contribution >= 4 is 17.0 Å². The standard InChI is InChI=1S/C22H24N4O3/c1-2-29-22(28)26-14-12-25(13-15-26)20(18-7-3-4-10-23-18)17-9-8-16-6-5-11-24-19(16)21(17)27/h3-11,20,27H,2,12-15H2,1H3/p+1/t20-/m0/s1. The number of carbonyl (C=O) groups is 1.